The number of nitrogens with zero attached hydrogens (tertiary/aromatic N) is 1. The molecule has 1 rings (SSSR count). The molecule has 0 saturated carbocycles. The van der Waals surface area contributed by atoms with Gasteiger partial charge in [0.25, 0.3) is 0 Å². The van der Waals surface area contributed by atoms with Gasteiger partial charge in [-0.15, -0.1) is 0 Å². The van der Waals surface area contributed by atoms with Crippen molar-refractivity contribution >= 4 is 0 Å². The molecule has 1 N–H and O–H groups in total. The van der Waals surface area contributed by atoms with Crippen LogP contribution in [0.1, 0.15) is 41.0 Å². The Morgan fingerprint density at radius 1 is 1.40 bits per heavy atom. The lowest BCUT2D eigenvalue weighted by Crippen LogP contribution is -2.46. The summed E-state index contributed by atoms with van der Waals surface area (Å²) in [5.41, 5.74) is 0.372. The van der Waals surface area contributed by atoms with Crippen molar-refractivity contribution in [3.8, 4) is 0 Å². The van der Waals surface area contributed by atoms with E-state index in [1.165, 1.54) is 19.5 Å². The minimum absolute atomic E-state index is 0.372. The summed E-state index contributed by atoms with van der Waals surface area (Å²) in [6.07, 6.45) is 1.34. The predicted octanol–water partition coefficient (Wildman–Crippen LogP) is 2.35. The van der Waals surface area contributed by atoms with Gasteiger partial charge in [-0.1, -0.05) is 27.7 Å². The zero-order valence-corrected chi connectivity index (χ0v) is 11.3. The molecule has 0 aromatic heterocycles. The lowest BCUT2D eigenvalue weighted by Gasteiger charge is -2.37. The Bertz CT molecular complexity index is 195. The van der Waals surface area contributed by atoms with Gasteiger partial charge in [0.15, 0.2) is 0 Å². The Labute approximate surface area is 95.4 Å². The van der Waals surface area contributed by atoms with Crippen LogP contribution in [0.3, 0.4) is 0 Å². The average molecular weight is 212 g/mol. The van der Waals surface area contributed by atoms with Gasteiger partial charge in [-0.05, 0) is 38.3 Å². The van der Waals surface area contributed by atoms with Crippen molar-refractivity contribution in [1.82, 2.24) is 10.2 Å². The first-order valence-electron chi connectivity index (χ1n) is 6.26. The summed E-state index contributed by atoms with van der Waals surface area (Å²) in [6.45, 7) is 14.0. The minimum atomic E-state index is 0.372. The van der Waals surface area contributed by atoms with E-state index in [0.29, 0.717) is 17.5 Å². The van der Waals surface area contributed by atoms with Gasteiger partial charge in [0.1, 0.15) is 0 Å². The summed E-state index contributed by atoms with van der Waals surface area (Å²) in [7, 11) is 2.25. The van der Waals surface area contributed by atoms with E-state index in [2.05, 4.69) is 51.9 Å². The van der Waals surface area contributed by atoms with E-state index in [0.717, 1.165) is 5.92 Å². The molecule has 0 radical (unpaired) electrons. The number of nitrogens with one attached hydrogen (secondary N) is 1. The third kappa shape index (κ3) is 3.46. The van der Waals surface area contributed by atoms with Gasteiger partial charge in [-0.25, -0.2) is 0 Å². The van der Waals surface area contributed by atoms with Gasteiger partial charge >= 0.3 is 0 Å². The molecule has 90 valence electrons. The molecule has 0 aliphatic carbocycles. The van der Waals surface area contributed by atoms with Gasteiger partial charge < -0.3 is 10.2 Å². The fraction of sp³-hybridized carbons (Fsp3) is 1.00. The number of likely N-dealkylation sites (N-methyl/N-ethyl adjacent to an activating group) is 1. The van der Waals surface area contributed by atoms with Crippen molar-refractivity contribution in [3.63, 3.8) is 0 Å². The van der Waals surface area contributed by atoms with E-state index >= 15 is 0 Å². The normalized spacial score (nSPS) is 29.8. The zero-order valence-electron chi connectivity index (χ0n) is 11.3. The molecule has 0 bridgehead atoms. The first-order valence-corrected chi connectivity index (χ1v) is 6.26. The highest BCUT2D eigenvalue weighted by atomic mass is 15.2. The first kappa shape index (κ1) is 13.0. The SMILES string of the molecule is CC1CCNC1CN(C)C(C)C(C)(C)C. The van der Waals surface area contributed by atoms with Crippen molar-refractivity contribution < 1.29 is 0 Å². The molecule has 15 heavy (non-hydrogen) atoms. The summed E-state index contributed by atoms with van der Waals surface area (Å²) in [4.78, 5) is 2.50. The molecule has 1 saturated heterocycles. The molecule has 1 heterocycles. The summed E-state index contributed by atoms with van der Waals surface area (Å²) >= 11 is 0. The van der Waals surface area contributed by atoms with Crippen LogP contribution in [0, 0.1) is 11.3 Å². The number of hydrogen-bond acceptors (Lipinski definition) is 2. The van der Waals surface area contributed by atoms with Gasteiger partial charge in [0, 0.05) is 18.6 Å². The lowest BCUT2D eigenvalue weighted by molar-refractivity contribution is 0.126. The first-order chi connectivity index (χ1) is 6.82. The second-order valence-electron chi connectivity index (χ2n) is 6.31. The fourth-order valence-corrected chi connectivity index (χ4v) is 2.27. The molecule has 1 fully saturated rings. The highest BCUT2D eigenvalue weighted by molar-refractivity contribution is 4.86. The summed E-state index contributed by atoms with van der Waals surface area (Å²) < 4.78 is 0. The largest absolute Gasteiger partial charge is 0.312 e. The fourth-order valence-electron chi connectivity index (χ4n) is 2.27. The van der Waals surface area contributed by atoms with Crippen LogP contribution in [0.25, 0.3) is 0 Å². The Balaban J connectivity index is 2.44. The van der Waals surface area contributed by atoms with E-state index in [4.69, 9.17) is 0 Å². The molecule has 0 spiro atoms. The monoisotopic (exact) mass is 212 g/mol. The Morgan fingerprint density at radius 2 is 2.00 bits per heavy atom. The highest BCUT2D eigenvalue weighted by Gasteiger charge is 2.29. The third-order valence-corrected chi connectivity index (χ3v) is 4.09. The molecule has 3 unspecified atom stereocenters. The van der Waals surface area contributed by atoms with Gasteiger partial charge in [0.2, 0.25) is 0 Å². The molecule has 3 atom stereocenters. The van der Waals surface area contributed by atoms with Crippen molar-refractivity contribution in [2.24, 2.45) is 11.3 Å². The second kappa shape index (κ2) is 4.84. The van der Waals surface area contributed by atoms with Crippen LogP contribution >= 0.6 is 0 Å². The molecule has 0 aromatic rings. The molecule has 0 aromatic carbocycles. The van der Waals surface area contributed by atoms with Crippen LogP contribution in [-0.2, 0) is 0 Å². The molecule has 0 amide bonds. The highest BCUT2D eigenvalue weighted by Crippen LogP contribution is 2.24. The maximum atomic E-state index is 3.60. The van der Waals surface area contributed by atoms with E-state index in [1.54, 1.807) is 0 Å². The van der Waals surface area contributed by atoms with Crippen molar-refractivity contribution in [2.45, 2.75) is 53.1 Å². The maximum Gasteiger partial charge on any atom is 0.0221 e. The summed E-state index contributed by atoms with van der Waals surface area (Å²) in [6, 6.07) is 1.33. The van der Waals surface area contributed by atoms with Crippen LogP contribution in [-0.4, -0.2) is 37.1 Å². The molecular weight excluding hydrogens is 184 g/mol. The zero-order chi connectivity index (χ0) is 11.6. The van der Waals surface area contributed by atoms with E-state index < -0.39 is 0 Å². The molecule has 1 aliphatic rings. The second-order valence-corrected chi connectivity index (χ2v) is 6.31. The number of hydrogen-bond donors (Lipinski definition) is 1. The van der Waals surface area contributed by atoms with E-state index in [9.17, 15) is 0 Å². The summed E-state index contributed by atoms with van der Waals surface area (Å²) in [5, 5.41) is 3.60. The van der Waals surface area contributed by atoms with Crippen LogP contribution in [0.5, 0.6) is 0 Å². The average Bonchev–Trinajstić information content (AvgIpc) is 2.49. The standard InChI is InChI=1S/C13H28N2/c1-10-7-8-14-12(10)9-15(6)11(2)13(3,4)5/h10-12,14H,7-9H2,1-6H3. The Morgan fingerprint density at radius 3 is 2.40 bits per heavy atom. The summed E-state index contributed by atoms with van der Waals surface area (Å²) in [5.74, 6) is 0.833. The Hall–Kier alpha value is -0.0800. The topological polar surface area (TPSA) is 15.3 Å². The van der Waals surface area contributed by atoms with Gasteiger partial charge in [-0.2, -0.15) is 0 Å². The van der Waals surface area contributed by atoms with E-state index in [-0.39, 0.29) is 0 Å². The Kier molecular flexibility index (Phi) is 4.19. The van der Waals surface area contributed by atoms with E-state index in [1.807, 2.05) is 0 Å². The predicted molar refractivity (Wildman–Crippen MR) is 67.1 cm³/mol. The van der Waals surface area contributed by atoms with Crippen molar-refractivity contribution in [2.75, 3.05) is 20.1 Å². The van der Waals surface area contributed by atoms with Gasteiger partial charge in [-0.3, -0.25) is 0 Å². The van der Waals surface area contributed by atoms with Crippen LogP contribution in [0.15, 0.2) is 0 Å². The maximum absolute atomic E-state index is 3.60. The van der Waals surface area contributed by atoms with Crippen LogP contribution in [0.2, 0.25) is 0 Å². The van der Waals surface area contributed by atoms with Crippen LogP contribution < -0.4 is 5.32 Å². The minimum Gasteiger partial charge on any atom is -0.312 e. The van der Waals surface area contributed by atoms with Crippen molar-refractivity contribution in [1.29, 1.82) is 0 Å². The molecule has 1 aliphatic heterocycles. The molecular formula is C13H28N2. The quantitative estimate of drug-likeness (QED) is 0.772. The molecule has 2 heteroatoms. The van der Waals surface area contributed by atoms with Gasteiger partial charge in [0.05, 0.1) is 0 Å². The molecule has 2 nitrogen and oxygen atoms in total. The van der Waals surface area contributed by atoms with Crippen molar-refractivity contribution in [3.05, 3.63) is 0 Å². The number of rotatable bonds is 3. The smallest absolute Gasteiger partial charge is 0.0221 e. The third-order valence-electron chi connectivity index (χ3n) is 4.09. The lowest BCUT2D eigenvalue weighted by atomic mass is 9.86. The van der Waals surface area contributed by atoms with Crippen LogP contribution in [0.4, 0.5) is 0 Å².